The molecule has 1 saturated carbocycles. The van der Waals surface area contributed by atoms with Gasteiger partial charge in [-0.2, -0.15) is 4.99 Å². The molecule has 0 bridgehead atoms. The van der Waals surface area contributed by atoms with Crippen LogP contribution < -0.4 is 26.8 Å². The number of sulfonamides is 1. The Labute approximate surface area is 204 Å². The number of nitrogens with zero attached hydrogens (tertiary/aromatic N) is 2. The molecule has 10 nitrogen and oxygen atoms in total. The van der Waals surface area contributed by atoms with Crippen LogP contribution in [0.4, 0.5) is 5.82 Å². The molecule has 2 aromatic rings. The Kier molecular flexibility index (Phi) is 9.27. The molecule has 33 heavy (non-hydrogen) atoms. The Balaban J connectivity index is 0.00000385. The zero-order chi connectivity index (χ0) is 23.4. The third kappa shape index (κ3) is 6.24. The maximum atomic E-state index is 13.1. The topological polar surface area (TPSA) is 165 Å². The largest absolute Gasteiger partial charge is 0.370 e. The van der Waals surface area contributed by atoms with Crippen molar-refractivity contribution in [1.82, 2.24) is 20.3 Å². The lowest BCUT2D eigenvalue weighted by atomic mass is 9.85. The van der Waals surface area contributed by atoms with Crippen molar-refractivity contribution >= 4 is 62.5 Å². The molecule has 0 saturated heterocycles. The molecule has 1 fully saturated rings. The number of aliphatic imine (C=N–C) groups is 1. The second-order valence-corrected chi connectivity index (χ2v) is 10.0. The predicted molar refractivity (Wildman–Crippen MR) is 132 cm³/mol. The fraction of sp³-hybridized carbons (Fsp3) is 0.450. The molecule has 13 heteroatoms. The number of hydrogen-bond acceptors (Lipinski definition) is 6. The Hall–Kier alpha value is -2.18. The van der Waals surface area contributed by atoms with Crippen molar-refractivity contribution in [3.8, 4) is 0 Å². The van der Waals surface area contributed by atoms with Gasteiger partial charge in [0, 0.05) is 36.6 Å². The van der Waals surface area contributed by atoms with Crippen LogP contribution in [0.25, 0.3) is 10.8 Å². The van der Waals surface area contributed by atoms with Gasteiger partial charge in [0.25, 0.3) is 0 Å². The van der Waals surface area contributed by atoms with E-state index >= 15 is 0 Å². The zero-order valence-electron chi connectivity index (χ0n) is 18.2. The number of carbonyl (C=O) groups excluding carboxylic acids is 1. The first-order chi connectivity index (χ1) is 15.2. The van der Waals surface area contributed by atoms with Crippen LogP contribution in [0.2, 0.25) is 5.02 Å². The normalized spacial score (nSPS) is 15.1. The summed E-state index contributed by atoms with van der Waals surface area (Å²) in [5, 5.41) is 7.18. The number of benzene rings is 1. The molecule has 1 amide bonds. The molecule has 3 rings (SSSR count). The number of aromatic nitrogens is 1. The number of amides is 1. The van der Waals surface area contributed by atoms with Gasteiger partial charge in [0.2, 0.25) is 15.9 Å². The minimum absolute atomic E-state index is 0. The number of pyridine rings is 1. The van der Waals surface area contributed by atoms with Crippen LogP contribution >= 0.6 is 24.0 Å². The van der Waals surface area contributed by atoms with E-state index in [2.05, 4.69) is 25.3 Å². The SMILES string of the molecule is CNCCNC(=O)C1(CNS(=O)(=O)c2ccc3c(Cl)cnc(N=C(N)N)c3c2)CCCC1.Cl. The fourth-order valence-electron chi connectivity index (χ4n) is 3.89. The number of guanidine groups is 1. The Bertz CT molecular complexity index is 1130. The van der Waals surface area contributed by atoms with Gasteiger partial charge in [0.05, 0.1) is 15.3 Å². The van der Waals surface area contributed by atoms with Crippen LogP contribution in [0, 0.1) is 5.41 Å². The lowest BCUT2D eigenvalue weighted by Gasteiger charge is -2.28. The van der Waals surface area contributed by atoms with Gasteiger partial charge in [0.15, 0.2) is 11.8 Å². The molecule has 1 aliphatic rings. The molecular formula is C20H29Cl2N7O3S. The highest BCUT2D eigenvalue weighted by atomic mass is 35.5. The molecule has 1 aromatic heterocycles. The molecule has 0 atom stereocenters. The molecule has 7 N–H and O–H groups in total. The summed E-state index contributed by atoms with van der Waals surface area (Å²) in [6, 6.07) is 4.45. The molecule has 1 heterocycles. The quantitative estimate of drug-likeness (QED) is 0.190. The Morgan fingerprint density at radius 2 is 1.91 bits per heavy atom. The zero-order valence-corrected chi connectivity index (χ0v) is 20.6. The average molecular weight is 518 g/mol. The van der Waals surface area contributed by atoms with Crippen LogP contribution in [0.5, 0.6) is 0 Å². The summed E-state index contributed by atoms with van der Waals surface area (Å²) in [5.41, 5.74) is 10.2. The van der Waals surface area contributed by atoms with Crippen LogP contribution in [-0.4, -0.2) is 52.0 Å². The van der Waals surface area contributed by atoms with E-state index in [1.165, 1.54) is 18.3 Å². The molecule has 0 unspecified atom stereocenters. The monoisotopic (exact) mass is 517 g/mol. The highest BCUT2D eigenvalue weighted by Crippen LogP contribution is 2.38. The minimum Gasteiger partial charge on any atom is -0.370 e. The van der Waals surface area contributed by atoms with Gasteiger partial charge in [-0.1, -0.05) is 30.5 Å². The summed E-state index contributed by atoms with van der Waals surface area (Å²) in [6.45, 7) is 1.14. The third-order valence-corrected chi connectivity index (χ3v) is 7.34. The number of nitrogens with two attached hydrogens (primary N) is 2. The highest BCUT2D eigenvalue weighted by molar-refractivity contribution is 7.89. The van der Waals surface area contributed by atoms with Crippen LogP contribution in [0.1, 0.15) is 25.7 Å². The molecule has 1 aromatic carbocycles. The predicted octanol–water partition coefficient (Wildman–Crippen LogP) is 1.39. The van der Waals surface area contributed by atoms with E-state index in [0.29, 0.717) is 41.7 Å². The van der Waals surface area contributed by atoms with Crippen molar-refractivity contribution in [2.24, 2.45) is 21.9 Å². The van der Waals surface area contributed by atoms with Crippen LogP contribution in [0.3, 0.4) is 0 Å². The molecule has 182 valence electrons. The van der Waals surface area contributed by atoms with Gasteiger partial charge in [-0.15, -0.1) is 12.4 Å². The van der Waals surface area contributed by atoms with E-state index in [9.17, 15) is 13.2 Å². The standard InChI is InChI=1S/C20H28ClN7O3S.ClH/c1-24-8-9-25-18(29)20(6-2-3-7-20)12-27-32(30,31)13-4-5-14-15(10-13)17(28-19(22)23)26-11-16(14)21;/h4-5,10-11,24,27H,2-3,6-9,12H2,1H3,(H,25,29)(H4,22,23,26,28);1H. The van der Waals surface area contributed by atoms with Gasteiger partial charge in [0.1, 0.15) is 0 Å². The number of hydrogen-bond donors (Lipinski definition) is 5. The van der Waals surface area contributed by atoms with Crippen LogP contribution in [0.15, 0.2) is 34.3 Å². The molecule has 1 aliphatic carbocycles. The second kappa shape index (κ2) is 11.3. The summed E-state index contributed by atoms with van der Waals surface area (Å²) >= 11 is 6.20. The van der Waals surface area contributed by atoms with Crippen molar-refractivity contribution in [2.45, 2.75) is 30.6 Å². The number of likely N-dealkylation sites (N-methyl/N-ethyl adjacent to an activating group) is 1. The van der Waals surface area contributed by atoms with E-state index in [0.717, 1.165) is 12.8 Å². The maximum Gasteiger partial charge on any atom is 0.240 e. The maximum absolute atomic E-state index is 13.1. The first-order valence-corrected chi connectivity index (χ1v) is 12.2. The van der Waals surface area contributed by atoms with Crippen molar-refractivity contribution in [3.05, 3.63) is 29.4 Å². The van der Waals surface area contributed by atoms with Gasteiger partial charge < -0.3 is 22.1 Å². The molecule has 0 radical (unpaired) electrons. The number of carbonyl (C=O) groups is 1. The summed E-state index contributed by atoms with van der Waals surface area (Å²) in [4.78, 5) is 20.9. The Morgan fingerprint density at radius 3 is 2.55 bits per heavy atom. The van der Waals surface area contributed by atoms with E-state index < -0.39 is 15.4 Å². The van der Waals surface area contributed by atoms with Crippen LogP contribution in [-0.2, 0) is 14.8 Å². The highest BCUT2D eigenvalue weighted by Gasteiger charge is 2.41. The van der Waals surface area contributed by atoms with E-state index in [1.807, 2.05) is 0 Å². The van der Waals surface area contributed by atoms with Crippen molar-refractivity contribution < 1.29 is 13.2 Å². The van der Waals surface area contributed by atoms with Crippen molar-refractivity contribution in [2.75, 3.05) is 26.7 Å². The van der Waals surface area contributed by atoms with Gasteiger partial charge >= 0.3 is 0 Å². The lowest BCUT2D eigenvalue weighted by molar-refractivity contribution is -0.130. The average Bonchev–Trinajstić information content (AvgIpc) is 3.24. The van der Waals surface area contributed by atoms with E-state index in [1.54, 1.807) is 13.1 Å². The van der Waals surface area contributed by atoms with Crippen molar-refractivity contribution in [1.29, 1.82) is 0 Å². The summed E-state index contributed by atoms with van der Waals surface area (Å²) in [6.07, 6.45) is 4.42. The van der Waals surface area contributed by atoms with Gasteiger partial charge in [-0.05, 0) is 32.0 Å². The van der Waals surface area contributed by atoms with E-state index in [-0.39, 0.29) is 41.5 Å². The third-order valence-electron chi connectivity index (χ3n) is 5.64. The van der Waals surface area contributed by atoms with Gasteiger partial charge in [-0.25, -0.2) is 18.1 Å². The summed E-state index contributed by atoms with van der Waals surface area (Å²) in [7, 11) is -2.12. The molecule has 0 aliphatic heterocycles. The van der Waals surface area contributed by atoms with E-state index in [4.69, 9.17) is 23.1 Å². The Morgan fingerprint density at radius 1 is 1.21 bits per heavy atom. The first kappa shape index (κ1) is 27.1. The lowest BCUT2D eigenvalue weighted by Crippen LogP contribution is -2.48. The summed E-state index contributed by atoms with van der Waals surface area (Å²) in [5.74, 6) is -0.171. The molecule has 0 spiro atoms. The second-order valence-electron chi connectivity index (χ2n) is 7.85. The smallest absolute Gasteiger partial charge is 0.240 e. The first-order valence-electron chi connectivity index (χ1n) is 10.3. The van der Waals surface area contributed by atoms with Gasteiger partial charge in [-0.3, -0.25) is 4.79 Å². The van der Waals surface area contributed by atoms with Crippen molar-refractivity contribution in [3.63, 3.8) is 0 Å². The fourth-order valence-corrected chi connectivity index (χ4v) is 5.26. The molecular weight excluding hydrogens is 489 g/mol. The number of rotatable bonds is 9. The number of nitrogens with one attached hydrogen (secondary N) is 3. The number of halogens is 2. The minimum atomic E-state index is -3.92. The summed E-state index contributed by atoms with van der Waals surface area (Å²) < 4.78 is 28.8. The number of fused-ring (bicyclic) bond motifs is 1.